The van der Waals surface area contributed by atoms with E-state index in [1.165, 1.54) is 12.3 Å². The van der Waals surface area contributed by atoms with Gasteiger partial charge in [-0.1, -0.05) is 23.2 Å². The molecule has 1 N–H and O–H groups in total. The predicted molar refractivity (Wildman–Crippen MR) is 45.0 cm³/mol. The van der Waals surface area contributed by atoms with Gasteiger partial charge in [-0.25, -0.2) is 4.79 Å². The number of hydrogen-bond acceptors (Lipinski definition) is 2. The lowest BCUT2D eigenvalue weighted by Crippen LogP contribution is -1.98. The first-order valence-electron chi connectivity index (χ1n) is 2.95. The summed E-state index contributed by atoms with van der Waals surface area (Å²) in [5, 5.41) is 8.63. The van der Waals surface area contributed by atoms with Gasteiger partial charge in [-0.2, -0.15) is 0 Å². The minimum Gasteiger partial charge on any atom is -0.477 e. The summed E-state index contributed by atoms with van der Waals surface area (Å²) in [6, 6.07) is 3.02. The van der Waals surface area contributed by atoms with Gasteiger partial charge in [0.1, 0.15) is 15.8 Å². The Hall–Kier alpha value is -0.930. The van der Waals surface area contributed by atoms with Crippen molar-refractivity contribution in [3.8, 4) is 0 Å². The maximum absolute atomic E-state index is 10.6. The maximum Gasteiger partial charge on any atom is 0.341 e. The van der Waals surface area contributed by atoms with Crippen LogP contribution in [0.5, 0.6) is 0 Å². The van der Waals surface area contributed by atoms with E-state index in [9.17, 15) is 4.79 Å². The van der Waals surface area contributed by atoms with E-state index in [-0.39, 0.29) is 15.8 Å². The van der Waals surface area contributed by atoms with Crippen LogP contribution in [0.2, 0.25) is 0 Å². The summed E-state index contributed by atoms with van der Waals surface area (Å²) < 4.78 is 4.49. The molecule has 0 aliphatic carbocycles. The van der Waals surface area contributed by atoms with Crippen molar-refractivity contribution in [2.45, 2.75) is 0 Å². The average molecular weight is 207 g/mol. The molecule has 0 bridgehead atoms. The summed E-state index contributed by atoms with van der Waals surface area (Å²) in [5.74, 6) is -1.08. The Bertz CT molecular complexity index is 309. The monoisotopic (exact) mass is 206 g/mol. The molecule has 1 heterocycles. The Morgan fingerprint density at radius 3 is 2.50 bits per heavy atom. The van der Waals surface area contributed by atoms with Crippen LogP contribution in [0.25, 0.3) is 5.57 Å². The van der Waals surface area contributed by atoms with Crippen molar-refractivity contribution in [2.24, 2.45) is 0 Å². The molecule has 3 nitrogen and oxygen atoms in total. The first-order chi connectivity index (χ1) is 5.63. The first-order valence-corrected chi connectivity index (χ1v) is 3.71. The fourth-order valence-electron chi connectivity index (χ4n) is 0.700. The van der Waals surface area contributed by atoms with E-state index in [0.717, 1.165) is 0 Å². The predicted octanol–water partition coefficient (Wildman–Crippen LogP) is 2.51. The number of halogens is 2. The number of hydrogen-bond donors (Lipinski definition) is 1. The van der Waals surface area contributed by atoms with Crippen molar-refractivity contribution in [1.29, 1.82) is 0 Å². The van der Waals surface area contributed by atoms with Crippen molar-refractivity contribution in [1.82, 2.24) is 0 Å². The molecule has 1 aromatic heterocycles. The number of carboxylic acids is 1. The molecule has 0 spiro atoms. The van der Waals surface area contributed by atoms with E-state index in [1.54, 1.807) is 6.07 Å². The summed E-state index contributed by atoms with van der Waals surface area (Å²) in [4.78, 5) is 10.6. The van der Waals surface area contributed by atoms with Crippen LogP contribution in [0.15, 0.2) is 27.3 Å². The van der Waals surface area contributed by atoms with E-state index < -0.39 is 5.97 Å². The van der Waals surface area contributed by atoms with Crippen LogP contribution in [-0.2, 0) is 4.79 Å². The Morgan fingerprint density at radius 2 is 2.17 bits per heavy atom. The number of furan rings is 1. The summed E-state index contributed by atoms with van der Waals surface area (Å²) in [6.45, 7) is 0. The van der Waals surface area contributed by atoms with Crippen molar-refractivity contribution in [3.63, 3.8) is 0 Å². The average Bonchev–Trinajstić information content (AvgIpc) is 2.37. The van der Waals surface area contributed by atoms with E-state index in [1.807, 2.05) is 0 Å². The molecule has 0 aromatic carbocycles. The zero-order valence-electron chi connectivity index (χ0n) is 5.75. The van der Waals surface area contributed by atoms with Gasteiger partial charge in [0, 0.05) is 0 Å². The van der Waals surface area contributed by atoms with Gasteiger partial charge in [-0.15, -0.1) is 0 Å². The van der Waals surface area contributed by atoms with Gasteiger partial charge < -0.3 is 9.52 Å². The second kappa shape index (κ2) is 3.65. The summed E-state index contributed by atoms with van der Waals surface area (Å²) >= 11 is 10.7. The Morgan fingerprint density at radius 1 is 1.50 bits per heavy atom. The van der Waals surface area contributed by atoms with Crippen molar-refractivity contribution >= 4 is 34.7 Å². The topological polar surface area (TPSA) is 50.4 Å². The SMILES string of the molecule is O=C(O)C(=C(Cl)Cl)c1ccco1. The Balaban J connectivity index is 3.15. The van der Waals surface area contributed by atoms with E-state index in [2.05, 4.69) is 0 Å². The summed E-state index contributed by atoms with van der Waals surface area (Å²) in [5.41, 5.74) is -0.233. The highest BCUT2D eigenvalue weighted by atomic mass is 35.5. The zero-order valence-corrected chi connectivity index (χ0v) is 7.26. The van der Waals surface area contributed by atoms with Crippen molar-refractivity contribution in [3.05, 3.63) is 28.6 Å². The first kappa shape index (κ1) is 9.16. The largest absolute Gasteiger partial charge is 0.477 e. The van der Waals surface area contributed by atoms with Gasteiger partial charge in [0.05, 0.1) is 6.26 Å². The highest BCUT2D eigenvalue weighted by molar-refractivity contribution is 6.61. The smallest absolute Gasteiger partial charge is 0.341 e. The van der Waals surface area contributed by atoms with Crippen LogP contribution in [0.3, 0.4) is 0 Å². The Kier molecular flexibility index (Phi) is 2.78. The number of carbonyl (C=O) groups is 1. The lowest BCUT2D eigenvalue weighted by atomic mass is 10.2. The standard InChI is InChI=1S/C7H4Cl2O3/c8-6(9)5(7(10)11)4-2-1-3-12-4/h1-3H,(H,10,11). The summed E-state index contributed by atoms with van der Waals surface area (Å²) in [7, 11) is 0. The van der Waals surface area contributed by atoms with E-state index in [0.29, 0.717) is 0 Å². The van der Waals surface area contributed by atoms with Gasteiger partial charge in [0.25, 0.3) is 0 Å². The Labute approximate surface area is 78.2 Å². The quantitative estimate of drug-likeness (QED) is 0.757. The van der Waals surface area contributed by atoms with Crippen LogP contribution in [-0.4, -0.2) is 11.1 Å². The van der Waals surface area contributed by atoms with Crippen LogP contribution in [0, 0.1) is 0 Å². The molecule has 12 heavy (non-hydrogen) atoms. The molecular formula is C7H4Cl2O3. The third kappa shape index (κ3) is 1.81. The molecule has 64 valence electrons. The maximum atomic E-state index is 10.6. The minimum atomic E-state index is -1.22. The molecule has 0 amide bonds. The van der Waals surface area contributed by atoms with E-state index >= 15 is 0 Å². The molecule has 1 aromatic rings. The molecule has 0 saturated heterocycles. The third-order valence-corrected chi connectivity index (χ3v) is 1.55. The van der Waals surface area contributed by atoms with Gasteiger partial charge in [0.2, 0.25) is 0 Å². The van der Waals surface area contributed by atoms with Gasteiger partial charge in [-0.05, 0) is 12.1 Å². The normalized spacial score (nSPS) is 9.50. The van der Waals surface area contributed by atoms with E-state index in [4.69, 9.17) is 32.7 Å². The molecule has 0 saturated carbocycles. The number of rotatable bonds is 2. The second-order valence-electron chi connectivity index (χ2n) is 1.92. The number of aliphatic carboxylic acids is 1. The van der Waals surface area contributed by atoms with Gasteiger partial charge in [-0.3, -0.25) is 0 Å². The number of carboxylic acid groups (broad SMARTS) is 1. The minimum absolute atomic E-state index is 0.141. The highest BCUT2D eigenvalue weighted by Gasteiger charge is 2.16. The van der Waals surface area contributed by atoms with Crippen LogP contribution in [0.4, 0.5) is 0 Å². The van der Waals surface area contributed by atoms with Crippen LogP contribution >= 0.6 is 23.2 Å². The van der Waals surface area contributed by atoms with Gasteiger partial charge in [0.15, 0.2) is 0 Å². The fourth-order valence-corrected chi connectivity index (χ4v) is 1.05. The molecule has 1 rings (SSSR count). The fraction of sp³-hybridized carbons (Fsp3) is 0. The third-order valence-electron chi connectivity index (χ3n) is 1.17. The van der Waals surface area contributed by atoms with Crippen molar-refractivity contribution < 1.29 is 14.3 Å². The molecule has 0 aliphatic rings. The molecule has 0 fully saturated rings. The van der Waals surface area contributed by atoms with Gasteiger partial charge >= 0.3 is 5.97 Å². The molecular weight excluding hydrogens is 203 g/mol. The summed E-state index contributed by atoms with van der Waals surface area (Å²) in [6.07, 6.45) is 1.34. The zero-order chi connectivity index (χ0) is 9.14. The lowest BCUT2D eigenvalue weighted by molar-refractivity contribution is -0.130. The molecule has 0 aliphatic heterocycles. The highest BCUT2D eigenvalue weighted by Crippen LogP contribution is 2.24. The molecule has 5 heteroatoms. The molecule has 0 unspecified atom stereocenters. The van der Waals surface area contributed by atoms with Crippen LogP contribution < -0.4 is 0 Å². The second-order valence-corrected chi connectivity index (χ2v) is 2.87. The lowest BCUT2D eigenvalue weighted by Gasteiger charge is -1.96. The van der Waals surface area contributed by atoms with Crippen LogP contribution in [0.1, 0.15) is 5.76 Å². The molecule has 0 atom stereocenters. The molecule has 0 radical (unpaired) electrons. The van der Waals surface area contributed by atoms with Crippen molar-refractivity contribution in [2.75, 3.05) is 0 Å².